The maximum Gasteiger partial charge on any atom is 0.223 e. The summed E-state index contributed by atoms with van der Waals surface area (Å²) < 4.78 is 6.02. The summed E-state index contributed by atoms with van der Waals surface area (Å²) in [5.41, 5.74) is 3.13. The first-order valence-corrected chi connectivity index (χ1v) is 7.17. The van der Waals surface area contributed by atoms with Gasteiger partial charge in [-0.25, -0.2) is 4.99 Å². The predicted octanol–water partition coefficient (Wildman–Crippen LogP) is 4.76. The predicted molar refractivity (Wildman–Crippen MR) is 88.1 cm³/mol. The molecule has 3 rings (SSSR count). The maximum atomic E-state index is 6.02. The van der Waals surface area contributed by atoms with E-state index in [0.717, 1.165) is 22.4 Å². The summed E-state index contributed by atoms with van der Waals surface area (Å²) in [6.07, 6.45) is 2.06. The van der Waals surface area contributed by atoms with Crippen LogP contribution in [0.25, 0.3) is 11.8 Å². The average Bonchev–Trinajstić information content (AvgIpc) is 2.77. The van der Waals surface area contributed by atoms with Gasteiger partial charge in [0.05, 0.1) is 5.54 Å². The minimum Gasteiger partial charge on any atom is -0.438 e. The minimum absolute atomic E-state index is 0.162. The maximum absolute atomic E-state index is 6.02. The number of hydrogen-bond acceptors (Lipinski definition) is 2. The summed E-state index contributed by atoms with van der Waals surface area (Å²) in [5.74, 6) is 1.57. The first-order valence-electron chi connectivity index (χ1n) is 7.17. The number of ether oxygens (including phenoxy) is 1. The van der Waals surface area contributed by atoms with Crippen molar-refractivity contribution in [2.24, 2.45) is 4.99 Å². The van der Waals surface area contributed by atoms with Gasteiger partial charge < -0.3 is 4.74 Å². The molecule has 0 unspecified atom stereocenters. The van der Waals surface area contributed by atoms with E-state index in [4.69, 9.17) is 9.73 Å². The van der Waals surface area contributed by atoms with Gasteiger partial charge in [0.25, 0.3) is 0 Å². The summed E-state index contributed by atoms with van der Waals surface area (Å²) in [7, 11) is 0. The molecule has 0 spiro atoms. The molecule has 0 amide bonds. The van der Waals surface area contributed by atoms with Crippen LogP contribution in [0, 0.1) is 0 Å². The van der Waals surface area contributed by atoms with Crippen LogP contribution in [0.2, 0.25) is 0 Å². The van der Waals surface area contributed by atoms with E-state index in [1.807, 2.05) is 30.3 Å². The molecule has 0 aromatic heterocycles. The number of hydrogen-bond donors (Lipinski definition) is 0. The lowest BCUT2D eigenvalue weighted by Crippen LogP contribution is -2.14. The van der Waals surface area contributed by atoms with Crippen molar-refractivity contribution in [3.63, 3.8) is 0 Å². The lowest BCUT2D eigenvalue weighted by molar-refractivity contribution is 0.495. The van der Waals surface area contributed by atoms with Crippen LogP contribution in [0.3, 0.4) is 0 Å². The van der Waals surface area contributed by atoms with Gasteiger partial charge in [0.15, 0.2) is 0 Å². The van der Waals surface area contributed by atoms with Gasteiger partial charge in [0.2, 0.25) is 5.90 Å². The molecule has 2 aromatic carbocycles. The van der Waals surface area contributed by atoms with E-state index >= 15 is 0 Å². The van der Waals surface area contributed by atoms with Gasteiger partial charge in [-0.05, 0) is 38.5 Å². The summed E-state index contributed by atoms with van der Waals surface area (Å²) in [6, 6.07) is 18.4. The molecule has 0 saturated heterocycles. The van der Waals surface area contributed by atoms with Crippen LogP contribution in [0.15, 0.2) is 59.6 Å². The summed E-state index contributed by atoms with van der Waals surface area (Å²) in [5, 5.41) is 0. The molecule has 21 heavy (non-hydrogen) atoms. The zero-order valence-corrected chi connectivity index (χ0v) is 12.6. The van der Waals surface area contributed by atoms with E-state index in [1.54, 1.807) is 0 Å². The molecule has 0 N–H and O–H groups in total. The Hall–Kier alpha value is -2.35. The van der Waals surface area contributed by atoms with E-state index in [0.29, 0.717) is 5.90 Å². The second-order valence-corrected chi connectivity index (χ2v) is 6.15. The molecular formula is C19H19NO. The Bertz CT molecular complexity index is 706. The van der Waals surface area contributed by atoms with Crippen LogP contribution in [-0.4, -0.2) is 11.4 Å². The average molecular weight is 277 g/mol. The molecule has 0 saturated carbocycles. The normalized spacial score (nSPS) is 17.9. The third-order valence-electron chi connectivity index (χ3n) is 3.16. The molecule has 0 aliphatic carbocycles. The van der Waals surface area contributed by atoms with Crippen molar-refractivity contribution >= 4 is 17.7 Å². The Balaban J connectivity index is 2.07. The van der Waals surface area contributed by atoms with Crippen LogP contribution in [0.1, 0.15) is 37.5 Å². The molecule has 106 valence electrons. The van der Waals surface area contributed by atoms with Crippen molar-refractivity contribution in [3.05, 3.63) is 71.3 Å². The van der Waals surface area contributed by atoms with Crippen LogP contribution in [0.5, 0.6) is 0 Å². The smallest absolute Gasteiger partial charge is 0.223 e. The Labute approximate surface area is 125 Å². The molecule has 0 radical (unpaired) electrons. The molecule has 1 heterocycles. The van der Waals surface area contributed by atoms with Gasteiger partial charge in [0, 0.05) is 11.1 Å². The highest BCUT2D eigenvalue weighted by molar-refractivity contribution is 6.08. The Kier molecular flexibility index (Phi) is 3.38. The highest BCUT2D eigenvalue weighted by Gasteiger charge is 2.25. The van der Waals surface area contributed by atoms with Crippen molar-refractivity contribution in [1.29, 1.82) is 0 Å². The third kappa shape index (κ3) is 3.05. The van der Waals surface area contributed by atoms with Crippen molar-refractivity contribution in [2.75, 3.05) is 0 Å². The molecule has 0 atom stereocenters. The first-order chi connectivity index (χ1) is 10.0. The zero-order valence-electron chi connectivity index (χ0n) is 12.6. The monoisotopic (exact) mass is 277 g/mol. The first kappa shape index (κ1) is 13.6. The number of nitrogens with zero attached hydrogens (tertiary/aromatic N) is 1. The molecule has 2 heteroatoms. The van der Waals surface area contributed by atoms with Gasteiger partial charge in [-0.3, -0.25) is 0 Å². The van der Waals surface area contributed by atoms with Crippen molar-refractivity contribution in [2.45, 2.75) is 26.3 Å². The van der Waals surface area contributed by atoms with Crippen molar-refractivity contribution < 1.29 is 4.74 Å². The lowest BCUT2D eigenvalue weighted by atomic mass is 10.1. The van der Waals surface area contributed by atoms with Crippen molar-refractivity contribution in [3.8, 4) is 0 Å². The number of aliphatic imine (C=N–C) groups is 1. The molecule has 1 aliphatic rings. The molecule has 0 bridgehead atoms. The molecule has 1 aliphatic heterocycles. The molecule has 2 nitrogen and oxygen atoms in total. The fraction of sp³-hybridized carbons (Fsp3) is 0.211. The summed E-state index contributed by atoms with van der Waals surface area (Å²) >= 11 is 0. The molecule has 0 fully saturated rings. The fourth-order valence-electron chi connectivity index (χ4n) is 2.29. The third-order valence-corrected chi connectivity index (χ3v) is 3.16. The van der Waals surface area contributed by atoms with Gasteiger partial charge in [-0.15, -0.1) is 0 Å². The van der Waals surface area contributed by atoms with Gasteiger partial charge in [-0.1, -0.05) is 48.5 Å². The zero-order chi connectivity index (χ0) is 14.9. The summed E-state index contributed by atoms with van der Waals surface area (Å²) in [4.78, 5) is 4.70. The van der Waals surface area contributed by atoms with Gasteiger partial charge in [-0.2, -0.15) is 0 Å². The van der Waals surface area contributed by atoms with Gasteiger partial charge in [0.1, 0.15) is 5.76 Å². The largest absolute Gasteiger partial charge is 0.438 e. The second-order valence-electron chi connectivity index (χ2n) is 6.15. The van der Waals surface area contributed by atoms with Crippen LogP contribution in [-0.2, 0) is 4.74 Å². The quantitative estimate of drug-likeness (QED) is 0.736. The van der Waals surface area contributed by atoms with E-state index in [9.17, 15) is 0 Å². The highest BCUT2D eigenvalue weighted by atomic mass is 16.5. The topological polar surface area (TPSA) is 21.6 Å². The Morgan fingerprint density at radius 2 is 1.48 bits per heavy atom. The SMILES string of the molecule is CC(C)(C)N=C1O/C(=C\c2ccccc2)c2ccccc21. The number of benzene rings is 2. The number of rotatable bonds is 1. The lowest BCUT2D eigenvalue weighted by Gasteiger charge is -2.13. The van der Waals surface area contributed by atoms with E-state index in [1.165, 1.54) is 0 Å². The van der Waals surface area contributed by atoms with Crippen LogP contribution in [0.4, 0.5) is 0 Å². The Morgan fingerprint density at radius 1 is 0.857 bits per heavy atom. The number of fused-ring (bicyclic) bond motifs is 1. The summed E-state index contributed by atoms with van der Waals surface area (Å²) in [6.45, 7) is 6.22. The standard InChI is InChI=1S/C19H19NO/c1-19(2,3)20-18-16-12-8-7-11-15(16)17(21-18)13-14-9-5-4-6-10-14/h4-13H,1-3H3/b17-13-,20-18?. The fourth-order valence-corrected chi connectivity index (χ4v) is 2.29. The molecular weight excluding hydrogens is 258 g/mol. The minimum atomic E-state index is -0.162. The van der Waals surface area contributed by atoms with E-state index in [-0.39, 0.29) is 5.54 Å². The van der Waals surface area contributed by atoms with Crippen molar-refractivity contribution in [1.82, 2.24) is 0 Å². The van der Waals surface area contributed by atoms with E-state index < -0.39 is 0 Å². The van der Waals surface area contributed by atoms with Crippen LogP contribution < -0.4 is 0 Å². The van der Waals surface area contributed by atoms with Gasteiger partial charge >= 0.3 is 0 Å². The molecule has 2 aromatic rings. The second kappa shape index (κ2) is 5.21. The Morgan fingerprint density at radius 3 is 2.14 bits per heavy atom. The van der Waals surface area contributed by atoms with Crippen LogP contribution >= 0.6 is 0 Å². The van der Waals surface area contributed by atoms with E-state index in [2.05, 4.69) is 51.1 Å². The highest BCUT2D eigenvalue weighted by Crippen LogP contribution is 2.32.